The number of aliphatic hydroxyl groups is 1. The van der Waals surface area contributed by atoms with Crippen LogP contribution < -0.4 is 4.74 Å². The number of ether oxygens (including phenoxy) is 1. The number of aryl methyl sites for hydroxylation is 1. The minimum atomic E-state index is -0.0967. The number of hydrogen-bond acceptors (Lipinski definition) is 2. The van der Waals surface area contributed by atoms with Gasteiger partial charge in [-0.05, 0) is 49.3 Å². The van der Waals surface area contributed by atoms with E-state index in [2.05, 4.69) is 31.2 Å². The first-order chi connectivity index (χ1) is 8.79. The Morgan fingerprint density at radius 1 is 1.22 bits per heavy atom. The lowest BCUT2D eigenvalue weighted by atomic mass is 10.0. The van der Waals surface area contributed by atoms with Gasteiger partial charge in [0.15, 0.2) is 0 Å². The van der Waals surface area contributed by atoms with Crippen LogP contribution in [0.1, 0.15) is 44.6 Å². The molecule has 2 nitrogen and oxygen atoms in total. The first-order valence-corrected chi connectivity index (χ1v) is 7.19. The highest BCUT2D eigenvalue weighted by Gasteiger charge is 2.24. The van der Waals surface area contributed by atoms with Gasteiger partial charge in [-0.2, -0.15) is 0 Å². The highest BCUT2D eigenvalue weighted by atomic mass is 16.5. The average molecular weight is 248 g/mol. The third-order valence-electron chi connectivity index (χ3n) is 3.84. The number of hydrogen-bond donors (Lipinski definition) is 1. The molecule has 1 aromatic rings. The fourth-order valence-electron chi connectivity index (χ4n) is 2.72. The summed E-state index contributed by atoms with van der Waals surface area (Å²) in [6, 6.07) is 8.39. The Kier molecular flexibility index (Phi) is 5.06. The zero-order chi connectivity index (χ0) is 12.8. The number of benzene rings is 1. The van der Waals surface area contributed by atoms with Crippen molar-refractivity contribution in [2.45, 2.75) is 51.6 Å². The lowest BCUT2D eigenvalue weighted by molar-refractivity contribution is 0.117. The number of aliphatic hydroxyl groups excluding tert-OH is 1. The van der Waals surface area contributed by atoms with Crippen LogP contribution in [0.2, 0.25) is 0 Å². The third-order valence-corrected chi connectivity index (χ3v) is 3.84. The predicted octanol–water partition coefficient (Wildman–Crippen LogP) is 3.57. The standard InChI is InChI=1S/C16H24O2/c1-2-4-13-7-9-15(10-8-13)18-12-11-14-5-3-6-16(14)17/h7-10,14,16-17H,2-6,11-12H2,1H3. The summed E-state index contributed by atoms with van der Waals surface area (Å²) in [5.74, 6) is 1.40. The molecule has 0 radical (unpaired) electrons. The van der Waals surface area contributed by atoms with Crippen molar-refractivity contribution in [2.75, 3.05) is 6.61 Å². The van der Waals surface area contributed by atoms with E-state index in [1.54, 1.807) is 0 Å². The Morgan fingerprint density at radius 2 is 2.00 bits per heavy atom. The zero-order valence-electron chi connectivity index (χ0n) is 11.3. The molecule has 0 bridgehead atoms. The molecule has 1 aliphatic rings. The molecule has 2 rings (SSSR count). The maximum Gasteiger partial charge on any atom is 0.119 e. The van der Waals surface area contributed by atoms with Gasteiger partial charge in [-0.1, -0.05) is 31.9 Å². The Bertz CT molecular complexity index is 345. The smallest absolute Gasteiger partial charge is 0.119 e. The van der Waals surface area contributed by atoms with Crippen molar-refractivity contribution in [3.05, 3.63) is 29.8 Å². The second-order valence-electron chi connectivity index (χ2n) is 5.29. The molecule has 1 aliphatic carbocycles. The van der Waals surface area contributed by atoms with Gasteiger partial charge in [0.05, 0.1) is 12.7 Å². The Hall–Kier alpha value is -1.02. The highest BCUT2D eigenvalue weighted by Crippen LogP contribution is 2.28. The molecule has 1 saturated carbocycles. The first-order valence-electron chi connectivity index (χ1n) is 7.19. The molecule has 0 aromatic heterocycles. The van der Waals surface area contributed by atoms with Crippen molar-refractivity contribution in [3.63, 3.8) is 0 Å². The molecule has 100 valence electrons. The average Bonchev–Trinajstić information content (AvgIpc) is 2.78. The molecule has 1 fully saturated rings. The summed E-state index contributed by atoms with van der Waals surface area (Å²) in [5, 5.41) is 9.73. The molecule has 0 spiro atoms. The monoisotopic (exact) mass is 248 g/mol. The summed E-state index contributed by atoms with van der Waals surface area (Å²) in [5.41, 5.74) is 1.37. The summed E-state index contributed by atoms with van der Waals surface area (Å²) < 4.78 is 5.74. The molecule has 0 heterocycles. The van der Waals surface area contributed by atoms with Crippen molar-refractivity contribution < 1.29 is 9.84 Å². The van der Waals surface area contributed by atoms with Gasteiger partial charge in [-0.25, -0.2) is 0 Å². The summed E-state index contributed by atoms with van der Waals surface area (Å²) in [6.07, 6.45) is 6.47. The Balaban J connectivity index is 1.72. The first kappa shape index (κ1) is 13.4. The molecule has 0 aliphatic heterocycles. The van der Waals surface area contributed by atoms with E-state index in [0.717, 1.165) is 44.5 Å². The van der Waals surface area contributed by atoms with Gasteiger partial charge in [-0.3, -0.25) is 0 Å². The van der Waals surface area contributed by atoms with Gasteiger partial charge in [-0.15, -0.1) is 0 Å². The molecule has 1 aromatic carbocycles. The van der Waals surface area contributed by atoms with E-state index in [9.17, 15) is 5.11 Å². The second kappa shape index (κ2) is 6.79. The van der Waals surface area contributed by atoms with E-state index in [0.29, 0.717) is 5.92 Å². The number of rotatable bonds is 6. The summed E-state index contributed by atoms with van der Waals surface area (Å²) >= 11 is 0. The largest absolute Gasteiger partial charge is 0.494 e. The van der Waals surface area contributed by atoms with Gasteiger partial charge in [0, 0.05) is 0 Å². The van der Waals surface area contributed by atoms with Gasteiger partial charge >= 0.3 is 0 Å². The molecule has 1 N–H and O–H groups in total. The Labute approximate surface area is 110 Å². The normalized spacial score (nSPS) is 23.2. The molecule has 2 atom stereocenters. The molecule has 2 heteroatoms. The van der Waals surface area contributed by atoms with Crippen molar-refractivity contribution in [1.29, 1.82) is 0 Å². The van der Waals surface area contributed by atoms with E-state index in [-0.39, 0.29) is 6.10 Å². The quantitative estimate of drug-likeness (QED) is 0.834. The van der Waals surface area contributed by atoms with Gasteiger partial charge in [0.2, 0.25) is 0 Å². The van der Waals surface area contributed by atoms with Crippen LogP contribution in [0.3, 0.4) is 0 Å². The highest BCUT2D eigenvalue weighted by molar-refractivity contribution is 5.27. The molecular weight excluding hydrogens is 224 g/mol. The second-order valence-corrected chi connectivity index (χ2v) is 5.29. The van der Waals surface area contributed by atoms with E-state index in [1.165, 1.54) is 12.0 Å². The SMILES string of the molecule is CCCc1ccc(OCCC2CCCC2O)cc1. The van der Waals surface area contributed by atoms with Crippen LogP contribution in [0, 0.1) is 5.92 Å². The van der Waals surface area contributed by atoms with Crippen LogP contribution in [0.25, 0.3) is 0 Å². The van der Waals surface area contributed by atoms with Crippen molar-refractivity contribution >= 4 is 0 Å². The molecule has 0 saturated heterocycles. The molecule has 2 unspecified atom stereocenters. The Morgan fingerprint density at radius 3 is 2.61 bits per heavy atom. The molecule has 18 heavy (non-hydrogen) atoms. The molecule has 0 amide bonds. The zero-order valence-corrected chi connectivity index (χ0v) is 11.3. The van der Waals surface area contributed by atoms with Crippen LogP contribution in [-0.4, -0.2) is 17.8 Å². The van der Waals surface area contributed by atoms with Crippen LogP contribution in [-0.2, 0) is 6.42 Å². The van der Waals surface area contributed by atoms with Crippen LogP contribution in [0.5, 0.6) is 5.75 Å². The molecular formula is C16H24O2. The topological polar surface area (TPSA) is 29.5 Å². The van der Waals surface area contributed by atoms with Crippen molar-refractivity contribution in [3.8, 4) is 5.75 Å². The van der Waals surface area contributed by atoms with E-state index in [1.807, 2.05) is 0 Å². The van der Waals surface area contributed by atoms with Gasteiger partial charge in [0.25, 0.3) is 0 Å². The van der Waals surface area contributed by atoms with Gasteiger partial charge < -0.3 is 9.84 Å². The van der Waals surface area contributed by atoms with Crippen molar-refractivity contribution in [2.24, 2.45) is 5.92 Å². The maximum absolute atomic E-state index is 9.73. The van der Waals surface area contributed by atoms with E-state index >= 15 is 0 Å². The van der Waals surface area contributed by atoms with E-state index in [4.69, 9.17) is 4.74 Å². The minimum Gasteiger partial charge on any atom is -0.494 e. The lowest BCUT2D eigenvalue weighted by Crippen LogP contribution is -2.16. The van der Waals surface area contributed by atoms with Crippen LogP contribution >= 0.6 is 0 Å². The summed E-state index contributed by atoms with van der Waals surface area (Å²) in [6.45, 7) is 2.91. The van der Waals surface area contributed by atoms with Crippen LogP contribution in [0.4, 0.5) is 0 Å². The minimum absolute atomic E-state index is 0.0967. The summed E-state index contributed by atoms with van der Waals surface area (Å²) in [4.78, 5) is 0. The maximum atomic E-state index is 9.73. The van der Waals surface area contributed by atoms with Crippen molar-refractivity contribution in [1.82, 2.24) is 0 Å². The third kappa shape index (κ3) is 3.74. The van der Waals surface area contributed by atoms with E-state index < -0.39 is 0 Å². The fourth-order valence-corrected chi connectivity index (χ4v) is 2.72. The van der Waals surface area contributed by atoms with Crippen LogP contribution in [0.15, 0.2) is 24.3 Å². The summed E-state index contributed by atoms with van der Waals surface area (Å²) in [7, 11) is 0. The fraction of sp³-hybridized carbons (Fsp3) is 0.625. The predicted molar refractivity (Wildman–Crippen MR) is 73.9 cm³/mol. The van der Waals surface area contributed by atoms with Gasteiger partial charge in [0.1, 0.15) is 5.75 Å². The lowest BCUT2D eigenvalue weighted by Gasteiger charge is -2.14.